The molecule has 0 aliphatic rings. The van der Waals surface area contributed by atoms with E-state index in [4.69, 9.17) is 16.6 Å². The van der Waals surface area contributed by atoms with Gasteiger partial charge in [-0.25, -0.2) is 4.98 Å². The predicted octanol–water partition coefficient (Wildman–Crippen LogP) is 7.00. The van der Waals surface area contributed by atoms with Crippen LogP contribution in [0, 0.1) is 11.3 Å². The van der Waals surface area contributed by atoms with Gasteiger partial charge >= 0.3 is 0 Å². The monoisotopic (exact) mass is 480 g/mol. The molecule has 0 aliphatic heterocycles. The van der Waals surface area contributed by atoms with E-state index in [1.165, 1.54) is 11.8 Å². The Hall–Kier alpha value is -2.43. The molecule has 31 heavy (non-hydrogen) atoms. The van der Waals surface area contributed by atoms with Gasteiger partial charge in [0, 0.05) is 27.1 Å². The summed E-state index contributed by atoms with van der Waals surface area (Å²) in [6, 6.07) is 25.5. The van der Waals surface area contributed by atoms with Gasteiger partial charge in [0.2, 0.25) is 0 Å². The molecule has 0 radical (unpaired) electrons. The first kappa shape index (κ1) is 21.8. The maximum atomic E-state index is 12.7. The minimum atomic E-state index is -1.11. The largest absolute Gasteiger partial charge is 0.258 e. The number of rotatable bonds is 7. The summed E-state index contributed by atoms with van der Waals surface area (Å²) in [4.78, 5) is 5.79. The van der Waals surface area contributed by atoms with Crippen molar-refractivity contribution in [3.8, 4) is 27.8 Å². The third-order valence-electron chi connectivity index (χ3n) is 4.52. The average Bonchev–Trinajstić information content (AvgIpc) is 3.34. The second-order valence-electron chi connectivity index (χ2n) is 6.66. The normalized spacial score (nSPS) is 11.7. The fourth-order valence-corrected chi connectivity index (χ4v) is 6.20. The number of thioether (sulfide) groups is 1. The minimum Gasteiger partial charge on any atom is -0.258 e. The van der Waals surface area contributed by atoms with Crippen LogP contribution < -0.4 is 0 Å². The molecule has 2 aromatic carbocycles. The molecule has 4 aromatic rings. The van der Waals surface area contributed by atoms with Crippen molar-refractivity contribution in [1.82, 2.24) is 4.98 Å². The van der Waals surface area contributed by atoms with Crippen molar-refractivity contribution in [2.75, 3.05) is 5.08 Å². The molecule has 0 fully saturated rings. The van der Waals surface area contributed by atoms with Crippen molar-refractivity contribution in [2.24, 2.45) is 0 Å². The summed E-state index contributed by atoms with van der Waals surface area (Å²) in [5.74, 6) is 0.433. The Morgan fingerprint density at radius 3 is 2.52 bits per heavy atom. The quantitative estimate of drug-likeness (QED) is 0.267. The minimum absolute atomic E-state index is 0.354. The second kappa shape index (κ2) is 10.3. The van der Waals surface area contributed by atoms with Crippen LogP contribution in [0.25, 0.3) is 21.7 Å². The Morgan fingerprint density at radius 2 is 1.84 bits per heavy atom. The zero-order valence-electron chi connectivity index (χ0n) is 16.3. The van der Waals surface area contributed by atoms with E-state index in [2.05, 4.69) is 6.07 Å². The van der Waals surface area contributed by atoms with Crippen LogP contribution in [-0.4, -0.2) is 14.3 Å². The van der Waals surface area contributed by atoms with Gasteiger partial charge in [-0.05, 0) is 40.8 Å². The molecule has 4 rings (SSSR count). The maximum Gasteiger partial charge on any atom is 0.116 e. The lowest BCUT2D eigenvalue weighted by atomic mass is 10.0. The van der Waals surface area contributed by atoms with Gasteiger partial charge < -0.3 is 0 Å². The smallest absolute Gasteiger partial charge is 0.116 e. The molecule has 0 aliphatic carbocycles. The maximum absolute atomic E-state index is 12.7. The van der Waals surface area contributed by atoms with Gasteiger partial charge in [-0.3, -0.25) is 4.21 Å². The third kappa shape index (κ3) is 5.44. The number of halogens is 1. The van der Waals surface area contributed by atoms with Gasteiger partial charge in [0.25, 0.3) is 0 Å². The second-order valence-corrected chi connectivity index (χ2v) is 10.8. The number of benzene rings is 2. The van der Waals surface area contributed by atoms with Gasteiger partial charge in [-0.1, -0.05) is 71.9 Å². The van der Waals surface area contributed by atoms with Crippen LogP contribution in [-0.2, 0) is 16.6 Å². The summed E-state index contributed by atoms with van der Waals surface area (Å²) in [5.41, 5.74) is 4.10. The van der Waals surface area contributed by atoms with E-state index in [0.29, 0.717) is 26.4 Å². The Kier molecular flexibility index (Phi) is 7.21. The Labute approximate surface area is 197 Å². The zero-order chi connectivity index (χ0) is 21.6. The molecule has 0 bridgehead atoms. The molecule has 2 aromatic heterocycles. The first-order chi connectivity index (χ1) is 15.1. The van der Waals surface area contributed by atoms with E-state index < -0.39 is 10.8 Å². The number of pyridine rings is 1. The molecule has 1 atom stereocenters. The molecule has 7 heteroatoms. The van der Waals surface area contributed by atoms with Crippen molar-refractivity contribution in [3.63, 3.8) is 0 Å². The number of nitrogens with zero attached hydrogens (tertiary/aromatic N) is 2. The highest BCUT2D eigenvalue weighted by atomic mass is 35.5. The van der Waals surface area contributed by atoms with Crippen LogP contribution in [0.3, 0.4) is 0 Å². The molecule has 0 spiro atoms. The van der Waals surface area contributed by atoms with E-state index in [1.807, 2.05) is 66.0 Å². The third-order valence-corrected chi connectivity index (χ3v) is 8.42. The molecular weight excluding hydrogens is 464 g/mol. The van der Waals surface area contributed by atoms with E-state index in [-0.39, 0.29) is 0 Å². The van der Waals surface area contributed by atoms with E-state index in [0.717, 1.165) is 27.3 Å². The SMILES string of the molecule is N#Cc1c(-c2ccccc2)cc(-c2cccs2)nc1SC[S@](=O)Cc1ccc(Cl)cc1. The van der Waals surface area contributed by atoms with Gasteiger partial charge in [0.15, 0.2) is 0 Å². The van der Waals surface area contributed by atoms with Crippen LogP contribution in [0.15, 0.2) is 83.2 Å². The Bertz CT molecular complexity index is 1230. The number of nitriles is 1. The number of hydrogen-bond acceptors (Lipinski definition) is 5. The molecule has 0 N–H and O–H groups in total. The summed E-state index contributed by atoms with van der Waals surface area (Å²) in [6.07, 6.45) is 0. The fraction of sp³-hybridized carbons (Fsp3) is 0.0833. The Morgan fingerprint density at radius 1 is 1.06 bits per heavy atom. The molecule has 0 amide bonds. The molecule has 0 saturated carbocycles. The molecule has 3 nitrogen and oxygen atoms in total. The van der Waals surface area contributed by atoms with Crippen molar-refractivity contribution < 1.29 is 4.21 Å². The van der Waals surface area contributed by atoms with Gasteiger partial charge in [-0.2, -0.15) is 5.26 Å². The fourth-order valence-electron chi connectivity index (χ4n) is 3.06. The number of aromatic nitrogens is 1. The number of hydrogen-bond donors (Lipinski definition) is 0. The summed E-state index contributed by atoms with van der Waals surface area (Å²) >= 11 is 8.90. The average molecular weight is 481 g/mol. The van der Waals surface area contributed by atoms with E-state index >= 15 is 0 Å². The lowest BCUT2D eigenvalue weighted by Crippen LogP contribution is -2.01. The summed E-state index contributed by atoms with van der Waals surface area (Å²) in [7, 11) is -1.11. The van der Waals surface area contributed by atoms with E-state index in [1.54, 1.807) is 23.5 Å². The standard InChI is InChI=1S/C24H17ClN2OS3/c25-19-10-8-17(9-11-19)15-31(28)16-30-24-21(14-26)20(18-5-2-1-3-6-18)13-22(27-24)23-7-4-12-29-23/h1-13H,15-16H2/t31-/m1/s1. The molecule has 0 unspecified atom stereocenters. The molecule has 154 valence electrons. The first-order valence-electron chi connectivity index (χ1n) is 9.40. The highest BCUT2D eigenvalue weighted by Crippen LogP contribution is 2.35. The molecule has 2 heterocycles. The highest BCUT2D eigenvalue weighted by Gasteiger charge is 2.17. The predicted molar refractivity (Wildman–Crippen MR) is 132 cm³/mol. The van der Waals surface area contributed by atoms with Crippen molar-refractivity contribution in [2.45, 2.75) is 10.8 Å². The van der Waals surface area contributed by atoms with Gasteiger partial charge in [-0.15, -0.1) is 11.3 Å². The van der Waals surface area contributed by atoms with Crippen molar-refractivity contribution in [1.29, 1.82) is 5.26 Å². The van der Waals surface area contributed by atoms with Gasteiger partial charge in [0.05, 0.1) is 21.2 Å². The zero-order valence-corrected chi connectivity index (χ0v) is 19.5. The summed E-state index contributed by atoms with van der Waals surface area (Å²) in [6.45, 7) is 0. The summed E-state index contributed by atoms with van der Waals surface area (Å²) in [5, 5.41) is 13.5. The highest BCUT2D eigenvalue weighted by molar-refractivity contribution is 8.10. The van der Waals surface area contributed by atoms with Gasteiger partial charge in [0.1, 0.15) is 11.1 Å². The van der Waals surface area contributed by atoms with Crippen LogP contribution in [0.2, 0.25) is 5.02 Å². The lowest BCUT2D eigenvalue weighted by Gasteiger charge is -2.12. The first-order valence-corrected chi connectivity index (χ1v) is 13.1. The van der Waals surface area contributed by atoms with Crippen LogP contribution in [0.1, 0.15) is 11.1 Å². The lowest BCUT2D eigenvalue weighted by molar-refractivity contribution is 0.685. The Balaban J connectivity index is 1.64. The van der Waals surface area contributed by atoms with E-state index in [9.17, 15) is 9.47 Å². The van der Waals surface area contributed by atoms with Crippen LogP contribution in [0.4, 0.5) is 0 Å². The number of thiophene rings is 1. The topological polar surface area (TPSA) is 53.8 Å². The van der Waals surface area contributed by atoms with Crippen LogP contribution >= 0.6 is 34.7 Å². The van der Waals surface area contributed by atoms with Crippen molar-refractivity contribution >= 4 is 45.5 Å². The van der Waals surface area contributed by atoms with Crippen LogP contribution in [0.5, 0.6) is 0 Å². The molecular formula is C24H17ClN2OS3. The molecule has 0 saturated heterocycles. The van der Waals surface area contributed by atoms with Crippen molar-refractivity contribution in [3.05, 3.63) is 94.3 Å². The summed E-state index contributed by atoms with van der Waals surface area (Å²) < 4.78 is 12.7.